The molecule has 110 valence electrons. The van der Waals surface area contributed by atoms with Gasteiger partial charge in [0.05, 0.1) is 10.4 Å². The van der Waals surface area contributed by atoms with Gasteiger partial charge in [-0.05, 0) is 48.3 Å². The molecule has 1 unspecified atom stereocenters. The Bertz CT molecular complexity index is 661. The molecule has 0 saturated heterocycles. The summed E-state index contributed by atoms with van der Waals surface area (Å²) < 4.78 is 0. The van der Waals surface area contributed by atoms with Crippen LogP contribution in [0.25, 0.3) is 0 Å². The van der Waals surface area contributed by atoms with Gasteiger partial charge >= 0.3 is 0 Å². The molecule has 0 radical (unpaired) electrons. The van der Waals surface area contributed by atoms with Crippen LogP contribution in [0.5, 0.6) is 0 Å². The van der Waals surface area contributed by atoms with Gasteiger partial charge < -0.3 is 0 Å². The molecule has 0 aromatic carbocycles. The van der Waals surface area contributed by atoms with Crippen molar-refractivity contribution < 1.29 is 9.59 Å². The minimum absolute atomic E-state index is 0.245. The van der Waals surface area contributed by atoms with Gasteiger partial charge in [0.15, 0.2) is 0 Å². The molecule has 0 bridgehead atoms. The minimum atomic E-state index is -0.292. The van der Waals surface area contributed by atoms with E-state index in [0.717, 1.165) is 12.8 Å². The topological polar surface area (TPSA) is 58.2 Å². The SMILES string of the molecule is CC1CCc2sc(C(=O)NNC(=O)c3ccsc3)cc2C1. The Labute approximate surface area is 131 Å². The van der Waals surface area contributed by atoms with Gasteiger partial charge in [0.1, 0.15) is 0 Å². The molecule has 3 rings (SSSR count). The van der Waals surface area contributed by atoms with Crippen molar-refractivity contribution in [2.24, 2.45) is 5.92 Å². The zero-order valence-corrected chi connectivity index (χ0v) is 13.3. The summed E-state index contributed by atoms with van der Waals surface area (Å²) in [4.78, 5) is 25.8. The Hall–Kier alpha value is -1.66. The summed E-state index contributed by atoms with van der Waals surface area (Å²) >= 11 is 2.98. The van der Waals surface area contributed by atoms with Crippen molar-refractivity contribution in [3.8, 4) is 0 Å². The lowest BCUT2D eigenvalue weighted by Gasteiger charge is -2.16. The van der Waals surface area contributed by atoms with Crippen LogP contribution in [0.1, 0.15) is 43.8 Å². The predicted molar refractivity (Wildman–Crippen MR) is 84.8 cm³/mol. The Kier molecular flexibility index (Phi) is 4.07. The average molecular weight is 320 g/mol. The molecule has 2 heterocycles. The molecule has 6 heteroatoms. The first-order valence-corrected chi connectivity index (χ1v) is 8.64. The monoisotopic (exact) mass is 320 g/mol. The lowest BCUT2D eigenvalue weighted by Crippen LogP contribution is -2.41. The molecule has 2 N–H and O–H groups in total. The van der Waals surface area contributed by atoms with Crippen LogP contribution in [-0.2, 0) is 12.8 Å². The zero-order chi connectivity index (χ0) is 14.8. The number of hydrogen-bond donors (Lipinski definition) is 2. The van der Waals surface area contributed by atoms with Crippen LogP contribution in [0.15, 0.2) is 22.9 Å². The quantitative estimate of drug-likeness (QED) is 0.836. The van der Waals surface area contributed by atoms with E-state index in [1.54, 1.807) is 11.4 Å². The van der Waals surface area contributed by atoms with Crippen molar-refractivity contribution in [1.29, 1.82) is 0 Å². The first kappa shape index (κ1) is 14.3. The molecular weight excluding hydrogens is 304 g/mol. The normalized spacial score (nSPS) is 17.1. The fourth-order valence-electron chi connectivity index (χ4n) is 2.46. The number of rotatable bonds is 2. The third kappa shape index (κ3) is 3.16. The maximum Gasteiger partial charge on any atom is 0.279 e. The van der Waals surface area contributed by atoms with Crippen LogP contribution in [-0.4, -0.2) is 11.8 Å². The Morgan fingerprint density at radius 1 is 1.29 bits per heavy atom. The fourth-order valence-corrected chi connectivity index (χ4v) is 4.20. The number of hydrazine groups is 1. The maximum absolute atomic E-state index is 12.1. The van der Waals surface area contributed by atoms with Gasteiger partial charge in [0, 0.05) is 10.3 Å². The van der Waals surface area contributed by atoms with Crippen LogP contribution in [0.2, 0.25) is 0 Å². The maximum atomic E-state index is 12.1. The van der Waals surface area contributed by atoms with Gasteiger partial charge in [-0.2, -0.15) is 11.3 Å². The average Bonchev–Trinajstić information content (AvgIpc) is 3.12. The van der Waals surface area contributed by atoms with Crippen molar-refractivity contribution in [1.82, 2.24) is 10.9 Å². The van der Waals surface area contributed by atoms with E-state index in [9.17, 15) is 9.59 Å². The van der Waals surface area contributed by atoms with E-state index < -0.39 is 0 Å². The zero-order valence-electron chi connectivity index (χ0n) is 11.6. The number of carbonyl (C=O) groups is 2. The van der Waals surface area contributed by atoms with Crippen LogP contribution >= 0.6 is 22.7 Å². The summed E-state index contributed by atoms with van der Waals surface area (Å²) in [5, 5.41) is 3.57. The molecule has 0 spiro atoms. The van der Waals surface area contributed by atoms with E-state index in [-0.39, 0.29) is 11.8 Å². The van der Waals surface area contributed by atoms with E-state index in [2.05, 4.69) is 17.8 Å². The van der Waals surface area contributed by atoms with Crippen molar-refractivity contribution >= 4 is 34.5 Å². The predicted octanol–water partition coefficient (Wildman–Crippen LogP) is 3.01. The molecule has 2 aromatic rings. The van der Waals surface area contributed by atoms with Crippen LogP contribution < -0.4 is 10.9 Å². The third-order valence-electron chi connectivity index (χ3n) is 3.63. The first-order chi connectivity index (χ1) is 10.1. The molecule has 2 amide bonds. The molecule has 0 fully saturated rings. The van der Waals surface area contributed by atoms with E-state index >= 15 is 0 Å². The number of fused-ring (bicyclic) bond motifs is 1. The molecule has 1 aliphatic carbocycles. The first-order valence-electron chi connectivity index (χ1n) is 6.88. The summed E-state index contributed by atoms with van der Waals surface area (Å²) in [6, 6.07) is 3.68. The number of nitrogens with one attached hydrogen (secondary N) is 2. The molecule has 4 nitrogen and oxygen atoms in total. The summed E-state index contributed by atoms with van der Waals surface area (Å²) in [6.45, 7) is 2.24. The van der Waals surface area contributed by atoms with Crippen molar-refractivity contribution in [2.45, 2.75) is 26.2 Å². The summed E-state index contributed by atoms with van der Waals surface area (Å²) in [5.74, 6) is 0.145. The van der Waals surface area contributed by atoms with E-state index in [4.69, 9.17) is 0 Å². The van der Waals surface area contributed by atoms with Gasteiger partial charge in [-0.15, -0.1) is 11.3 Å². The van der Waals surface area contributed by atoms with Crippen molar-refractivity contribution in [3.63, 3.8) is 0 Å². The Balaban J connectivity index is 1.62. The fraction of sp³-hybridized carbons (Fsp3) is 0.333. The molecule has 2 aromatic heterocycles. The third-order valence-corrected chi connectivity index (χ3v) is 5.55. The van der Waals surface area contributed by atoms with E-state index in [1.165, 1.54) is 39.5 Å². The molecule has 0 saturated carbocycles. The van der Waals surface area contributed by atoms with Crippen LogP contribution in [0.3, 0.4) is 0 Å². The Morgan fingerprint density at radius 3 is 2.86 bits per heavy atom. The van der Waals surface area contributed by atoms with Gasteiger partial charge in [-0.3, -0.25) is 20.4 Å². The molecule has 1 aliphatic rings. The molecular formula is C15H16N2O2S2. The summed E-state index contributed by atoms with van der Waals surface area (Å²) in [6.07, 6.45) is 3.28. The highest BCUT2D eigenvalue weighted by Crippen LogP contribution is 2.32. The van der Waals surface area contributed by atoms with Crippen LogP contribution in [0, 0.1) is 5.92 Å². The minimum Gasteiger partial charge on any atom is -0.267 e. The van der Waals surface area contributed by atoms with Crippen molar-refractivity contribution in [3.05, 3.63) is 43.8 Å². The van der Waals surface area contributed by atoms with E-state index in [0.29, 0.717) is 16.4 Å². The second kappa shape index (κ2) is 5.99. The number of hydrogen-bond acceptors (Lipinski definition) is 4. The largest absolute Gasteiger partial charge is 0.279 e. The number of thiophene rings is 2. The number of carbonyl (C=O) groups excluding carboxylic acids is 2. The lowest BCUT2D eigenvalue weighted by atomic mass is 9.90. The van der Waals surface area contributed by atoms with Gasteiger partial charge in [0.2, 0.25) is 0 Å². The van der Waals surface area contributed by atoms with Crippen molar-refractivity contribution in [2.75, 3.05) is 0 Å². The van der Waals surface area contributed by atoms with Crippen LogP contribution in [0.4, 0.5) is 0 Å². The smallest absolute Gasteiger partial charge is 0.267 e. The Morgan fingerprint density at radius 2 is 2.10 bits per heavy atom. The highest BCUT2D eigenvalue weighted by molar-refractivity contribution is 7.14. The van der Waals surface area contributed by atoms with Gasteiger partial charge in [-0.1, -0.05) is 6.92 Å². The second-order valence-corrected chi connectivity index (χ2v) is 7.24. The van der Waals surface area contributed by atoms with E-state index in [1.807, 2.05) is 11.4 Å². The van der Waals surface area contributed by atoms with Gasteiger partial charge in [0.25, 0.3) is 11.8 Å². The second-order valence-electron chi connectivity index (χ2n) is 5.33. The standard InChI is InChI=1S/C15H16N2O2S2/c1-9-2-3-12-11(6-9)7-13(21-12)15(19)17-16-14(18)10-4-5-20-8-10/h4-5,7-9H,2-3,6H2,1H3,(H,16,18)(H,17,19). The highest BCUT2D eigenvalue weighted by atomic mass is 32.1. The highest BCUT2D eigenvalue weighted by Gasteiger charge is 2.20. The lowest BCUT2D eigenvalue weighted by molar-refractivity contribution is 0.0849. The molecule has 1 atom stereocenters. The molecule has 21 heavy (non-hydrogen) atoms. The summed E-state index contributed by atoms with van der Waals surface area (Å²) in [5.41, 5.74) is 6.77. The number of aryl methyl sites for hydroxylation is 1. The van der Waals surface area contributed by atoms with Gasteiger partial charge in [-0.25, -0.2) is 0 Å². The summed E-state index contributed by atoms with van der Waals surface area (Å²) in [7, 11) is 0. The number of amides is 2. The molecule has 0 aliphatic heterocycles.